The van der Waals surface area contributed by atoms with Crippen molar-refractivity contribution in [2.24, 2.45) is 0 Å². The smallest absolute Gasteiger partial charge is 0.186 e. The lowest BCUT2D eigenvalue weighted by Crippen LogP contribution is -3.12. The molecule has 0 radical (unpaired) electrons. The van der Waals surface area contributed by atoms with Gasteiger partial charge in [-0.2, -0.15) is 0 Å². The molecule has 0 aliphatic carbocycles. The summed E-state index contributed by atoms with van der Waals surface area (Å²) in [5.74, 6) is 0. The molecule has 1 aromatic carbocycles. The molecule has 0 amide bonds. The Kier molecular flexibility index (Phi) is 5.26. The van der Waals surface area contributed by atoms with Crippen LogP contribution in [0.25, 0.3) is 11.3 Å². The molecule has 0 bridgehead atoms. The summed E-state index contributed by atoms with van der Waals surface area (Å²) < 4.78 is 2.33. The second-order valence-corrected chi connectivity index (χ2v) is 8.67. The standard InChI is InChI=1S/C21H25ClN4S/c1-15-12-18(16(2)26(15)13-17-6-4-5-7-19(17)22)20-14-27-21(23-20)25-10-8-24(3)9-11-25/h4-7,12,14H,8-11,13H2,1-3H3/p+1. The van der Waals surface area contributed by atoms with Crippen LogP contribution >= 0.6 is 22.9 Å². The number of anilines is 1. The summed E-state index contributed by atoms with van der Waals surface area (Å²) in [5.41, 5.74) is 5.93. The van der Waals surface area contributed by atoms with E-state index < -0.39 is 0 Å². The van der Waals surface area contributed by atoms with E-state index in [1.807, 2.05) is 18.2 Å². The van der Waals surface area contributed by atoms with Gasteiger partial charge in [0.15, 0.2) is 5.13 Å². The maximum Gasteiger partial charge on any atom is 0.186 e. The van der Waals surface area contributed by atoms with Gasteiger partial charge >= 0.3 is 0 Å². The summed E-state index contributed by atoms with van der Waals surface area (Å²) in [6.45, 7) is 9.66. The van der Waals surface area contributed by atoms with Crippen molar-refractivity contribution < 1.29 is 4.90 Å². The quantitative estimate of drug-likeness (QED) is 0.726. The van der Waals surface area contributed by atoms with E-state index in [1.165, 1.54) is 30.0 Å². The highest BCUT2D eigenvalue weighted by molar-refractivity contribution is 7.14. The third-order valence-corrected chi connectivity index (χ3v) is 6.79. The molecular weight excluding hydrogens is 376 g/mol. The zero-order valence-electron chi connectivity index (χ0n) is 16.1. The van der Waals surface area contributed by atoms with Crippen LogP contribution < -0.4 is 9.80 Å². The maximum absolute atomic E-state index is 6.37. The lowest BCUT2D eigenvalue weighted by Gasteiger charge is -2.29. The molecule has 4 nitrogen and oxygen atoms in total. The van der Waals surface area contributed by atoms with E-state index >= 15 is 0 Å². The molecule has 1 aliphatic heterocycles. The van der Waals surface area contributed by atoms with Gasteiger partial charge in [-0.3, -0.25) is 0 Å². The zero-order valence-corrected chi connectivity index (χ0v) is 17.7. The van der Waals surface area contributed by atoms with Crippen molar-refractivity contribution in [2.45, 2.75) is 20.4 Å². The number of thiazole rings is 1. The fourth-order valence-electron chi connectivity index (χ4n) is 3.71. The zero-order chi connectivity index (χ0) is 19.0. The number of aromatic nitrogens is 2. The van der Waals surface area contributed by atoms with Gasteiger partial charge in [-0.25, -0.2) is 4.98 Å². The molecule has 1 saturated heterocycles. The van der Waals surface area contributed by atoms with Crippen LogP contribution in [0, 0.1) is 13.8 Å². The monoisotopic (exact) mass is 401 g/mol. The Balaban J connectivity index is 1.59. The molecule has 3 aromatic rings. The molecule has 0 atom stereocenters. The summed E-state index contributed by atoms with van der Waals surface area (Å²) in [5, 5.41) is 4.16. The van der Waals surface area contributed by atoms with Gasteiger partial charge in [0.25, 0.3) is 0 Å². The highest BCUT2D eigenvalue weighted by Gasteiger charge is 2.21. The Morgan fingerprint density at radius 3 is 2.67 bits per heavy atom. The third-order valence-electron chi connectivity index (χ3n) is 5.52. The van der Waals surface area contributed by atoms with Crippen LogP contribution in [-0.2, 0) is 6.54 Å². The van der Waals surface area contributed by atoms with Crippen LogP contribution in [0.15, 0.2) is 35.7 Å². The van der Waals surface area contributed by atoms with E-state index in [4.69, 9.17) is 16.6 Å². The summed E-state index contributed by atoms with van der Waals surface area (Å²) in [6.07, 6.45) is 0. The number of rotatable bonds is 4. The van der Waals surface area contributed by atoms with Gasteiger partial charge in [-0.1, -0.05) is 29.8 Å². The Hall–Kier alpha value is -1.82. The molecule has 2 aromatic heterocycles. The normalized spacial score (nSPS) is 15.5. The molecule has 0 saturated carbocycles. The fraction of sp³-hybridized carbons (Fsp3) is 0.381. The summed E-state index contributed by atoms with van der Waals surface area (Å²) >= 11 is 8.13. The SMILES string of the molecule is Cc1cc(-c2csc(N3CC[NH+](C)CC3)n2)c(C)n1Cc1ccccc1Cl. The highest BCUT2D eigenvalue weighted by Crippen LogP contribution is 2.32. The Bertz CT molecular complexity index is 938. The highest BCUT2D eigenvalue weighted by atomic mass is 35.5. The minimum Gasteiger partial charge on any atom is -0.344 e. The second kappa shape index (κ2) is 7.66. The first-order valence-electron chi connectivity index (χ1n) is 9.45. The average molecular weight is 402 g/mol. The first kappa shape index (κ1) is 18.5. The van der Waals surface area contributed by atoms with Gasteiger partial charge in [-0.05, 0) is 31.5 Å². The average Bonchev–Trinajstić information content (AvgIpc) is 3.24. The first-order chi connectivity index (χ1) is 13.0. The number of nitrogens with one attached hydrogen (secondary N) is 1. The van der Waals surface area contributed by atoms with Crippen molar-refractivity contribution in [1.29, 1.82) is 0 Å². The Morgan fingerprint density at radius 2 is 1.93 bits per heavy atom. The molecule has 1 N–H and O–H groups in total. The van der Waals surface area contributed by atoms with E-state index in [2.05, 4.69) is 47.9 Å². The molecule has 0 spiro atoms. The third kappa shape index (κ3) is 3.77. The van der Waals surface area contributed by atoms with Gasteiger partial charge in [-0.15, -0.1) is 11.3 Å². The fourth-order valence-corrected chi connectivity index (χ4v) is 4.79. The number of halogens is 1. The van der Waals surface area contributed by atoms with Gasteiger partial charge in [0.2, 0.25) is 0 Å². The second-order valence-electron chi connectivity index (χ2n) is 7.42. The Labute approximate surface area is 170 Å². The predicted molar refractivity (Wildman–Crippen MR) is 114 cm³/mol. The molecule has 6 heteroatoms. The van der Waals surface area contributed by atoms with Gasteiger partial charge in [0.05, 0.1) is 38.9 Å². The summed E-state index contributed by atoms with van der Waals surface area (Å²) in [7, 11) is 2.26. The van der Waals surface area contributed by atoms with E-state index in [0.29, 0.717) is 0 Å². The number of nitrogens with zero attached hydrogens (tertiary/aromatic N) is 3. The lowest BCUT2D eigenvalue weighted by atomic mass is 10.2. The molecule has 4 rings (SSSR count). The summed E-state index contributed by atoms with van der Waals surface area (Å²) in [6, 6.07) is 10.3. The molecule has 142 valence electrons. The molecular formula is C21H26ClN4S+. The van der Waals surface area contributed by atoms with E-state index in [-0.39, 0.29) is 0 Å². The molecule has 1 aliphatic rings. The van der Waals surface area contributed by atoms with E-state index in [0.717, 1.165) is 41.0 Å². The topological polar surface area (TPSA) is 25.5 Å². The number of piperazine rings is 1. The van der Waals surface area contributed by atoms with Gasteiger partial charge in [0.1, 0.15) is 0 Å². The molecule has 3 heterocycles. The number of quaternary nitrogens is 1. The summed E-state index contributed by atoms with van der Waals surface area (Å²) in [4.78, 5) is 8.99. The van der Waals surface area contributed by atoms with Crippen molar-refractivity contribution in [3.8, 4) is 11.3 Å². The van der Waals surface area contributed by atoms with Crippen molar-refractivity contribution in [1.82, 2.24) is 9.55 Å². The first-order valence-corrected chi connectivity index (χ1v) is 10.7. The minimum atomic E-state index is 0.787. The molecule has 0 unspecified atom stereocenters. The maximum atomic E-state index is 6.37. The van der Waals surface area contributed by atoms with Crippen LogP contribution in [0.4, 0.5) is 5.13 Å². The molecule has 27 heavy (non-hydrogen) atoms. The van der Waals surface area contributed by atoms with E-state index in [1.54, 1.807) is 16.2 Å². The van der Waals surface area contributed by atoms with Crippen LogP contribution in [-0.4, -0.2) is 42.8 Å². The molecule has 1 fully saturated rings. The van der Waals surface area contributed by atoms with Crippen molar-refractivity contribution in [3.63, 3.8) is 0 Å². The number of hydrogen-bond donors (Lipinski definition) is 1. The number of hydrogen-bond acceptors (Lipinski definition) is 3. The Morgan fingerprint density at radius 1 is 1.19 bits per heavy atom. The van der Waals surface area contributed by atoms with Crippen molar-refractivity contribution in [3.05, 3.63) is 57.7 Å². The van der Waals surface area contributed by atoms with Gasteiger partial charge in [0, 0.05) is 33.9 Å². The van der Waals surface area contributed by atoms with Crippen molar-refractivity contribution >= 4 is 28.1 Å². The van der Waals surface area contributed by atoms with Crippen LogP contribution in [0.2, 0.25) is 5.02 Å². The predicted octanol–water partition coefficient (Wildman–Crippen LogP) is 3.26. The van der Waals surface area contributed by atoms with Gasteiger partial charge < -0.3 is 14.4 Å². The number of aryl methyl sites for hydroxylation is 1. The lowest BCUT2D eigenvalue weighted by molar-refractivity contribution is -0.880. The minimum absolute atomic E-state index is 0.787. The van der Waals surface area contributed by atoms with E-state index in [9.17, 15) is 0 Å². The van der Waals surface area contributed by atoms with Crippen LogP contribution in [0.3, 0.4) is 0 Å². The number of likely N-dealkylation sites (N-methyl/N-ethyl adjacent to an activating group) is 1. The van der Waals surface area contributed by atoms with Crippen LogP contribution in [0.1, 0.15) is 17.0 Å². The van der Waals surface area contributed by atoms with Crippen molar-refractivity contribution in [2.75, 3.05) is 38.1 Å². The number of benzene rings is 1. The largest absolute Gasteiger partial charge is 0.344 e. The van der Waals surface area contributed by atoms with Crippen LogP contribution in [0.5, 0.6) is 0 Å².